The predicted octanol–water partition coefficient (Wildman–Crippen LogP) is 8.51. The molecule has 276 valence electrons. The number of phenols is 3. The Bertz CT molecular complexity index is 1410. The van der Waals surface area contributed by atoms with Crippen molar-refractivity contribution in [2.75, 3.05) is 0 Å². The first-order valence-electron chi connectivity index (χ1n) is 17.7. The van der Waals surface area contributed by atoms with Crippen molar-refractivity contribution < 1.29 is 51.5 Å². The smallest absolute Gasteiger partial charge is 0.446 e. The van der Waals surface area contributed by atoms with Crippen LogP contribution >= 0.6 is 0 Å². The van der Waals surface area contributed by atoms with Crippen LogP contribution in [-0.4, -0.2) is 52.4 Å². The number of hydrogen-bond acceptors (Lipinski definition) is 10. The molecule has 0 radical (unpaired) electrons. The van der Waals surface area contributed by atoms with E-state index in [0.29, 0.717) is 36.8 Å². The molecule has 2 aromatic carbocycles. The molecule has 0 saturated heterocycles. The van der Waals surface area contributed by atoms with Crippen LogP contribution in [-0.2, 0) is 37.5 Å². The second kappa shape index (κ2) is 22.3. The second-order valence-electron chi connectivity index (χ2n) is 12.8. The second-order valence-corrected chi connectivity index (χ2v) is 13.8. The summed E-state index contributed by atoms with van der Waals surface area (Å²) in [6.07, 6.45) is 14.8. The Labute approximate surface area is 291 Å². The zero-order valence-electron chi connectivity index (χ0n) is 29.3. The maximum absolute atomic E-state index is 13.3. The molecule has 0 fully saturated rings. The molecule has 2 aromatic rings. The van der Waals surface area contributed by atoms with Gasteiger partial charge in [-0.3, -0.25) is 9.35 Å². The van der Waals surface area contributed by atoms with E-state index in [-0.39, 0.29) is 46.7 Å². The molecule has 2 atom stereocenters. The monoisotopic (exact) mass is 708 g/mol. The van der Waals surface area contributed by atoms with Crippen molar-refractivity contribution in [2.45, 2.75) is 149 Å². The van der Waals surface area contributed by atoms with Crippen molar-refractivity contribution in [1.29, 1.82) is 0 Å². The molecule has 4 N–H and O–H groups in total. The van der Waals surface area contributed by atoms with Crippen LogP contribution in [0.5, 0.6) is 23.0 Å². The van der Waals surface area contributed by atoms with E-state index in [0.717, 1.165) is 96.0 Å². The molecule has 0 heterocycles. The molecule has 0 amide bonds. The van der Waals surface area contributed by atoms with Gasteiger partial charge in [-0.05, 0) is 93.5 Å². The summed E-state index contributed by atoms with van der Waals surface area (Å²) in [5.74, 6) is -1.51. The van der Waals surface area contributed by atoms with Gasteiger partial charge in [-0.2, -0.15) is 8.42 Å². The lowest BCUT2D eigenvalue weighted by Gasteiger charge is -2.19. The van der Waals surface area contributed by atoms with Gasteiger partial charge in [0, 0.05) is 19.1 Å². The highest BCUT2D eigenvalue weighted by Crippen LogP contribution is 2.31. The van der Waals surface area contributed by atoms with Crippen LogP contribution < -0.4 is 4.18 Å². The lowest BCUT2D eigenvalue weighted by molar-refractivity contribution is -0.147. The molecule has 0 aliphatic rings. The number of benzene rings is 2. The van der Waals surface area contributed by atoms with Gasteiger partial charge in [-0.25, -0.2) is 4.79 Å². The fraction of sp³-hybridized carbons (Fsp3) is 0.622. The molecular weight excluding hydrogens is 652 g/mol. The van der Waals surface area contributed by atoms with Gasteiger partial charge in [0.15, 0.2) is 0 Å². The highest BCUT2D eigenvalue weighted by Gasteiger charge is 2.23. The van der Waals surface area contributed by atoms with Crippen LogP contribution in [0.2, 0.25) is 0 Å². The Kier molecular flexibility index (Phi) is 18.9. The number of carbonyl (C=O) groups is 2. The van der Waals surface area contributed by atoms with Crippen molar-refractivity contribution >= 4 is 22.3 Å². The minimum atomic E-state index is -4.68. The summed E-state index contributed by atoms with van der Waals surface area (Å²) in [6, 6.07) is 6.81. The summed E-state index contributed by atoms with van der Waals surface area (Å²) in [5, 5.41) is 30.6. The van der Waals surface area contributed by atoms with Crippen LogP contribution in [0.15, 0.2) is 30.3 Å². The molecular formula is C37H56O11S. The van der Waals surface area contributed by atoms with Crippen molar-refractivity contribution in [3.8, 4) is 23.0 Å². The highest BCUT2D eigenvalue weighted by molar-refractivity contribution is 7.81. The molecule has 0 saturated carbocycles. The number of hydrogen-bond donors (Lipinski definition) is 4. The van der Waals surface area contributed by atoms with Crippen LogP contribution in [0.1, 0.15) is 145 Å². The molecule has 0 bridgehead atoms. The summed E-state index contributed by atoms with van der Waals surface area (Å²) in [6.45, 7) is 5.54. The number of unbranched alkanes of at least 4 members (excludes halogenated alkanes) is 8. The minimum absolute atomic E-state index is 0.0264. The maximum atomic E-state index is 13.3. The van der Waals surface area contributed by atoms with E-state index in [2.05, 4.69) is 11.1 Å². The summed E-state index contributed by atoms with van der Waals surface area (Å²) in [7, 11) is -4.68. The third-order valence-electron chi connectivity index (χ3n) is 8.33. The van der Waals surface area contributed by atoms with Gasteiger partial charge < -0.3 is 29.0 Å². The lowest BCUT2D eigenvalue weighted by atomic mass is 9.98. The van der Waals surface area contributed by atoms with Gasteiger partial charge in [0.1, 0.15) is 40.8 Å². The molecule has 0 aliphatic carbocycles. The van der Waals surface area contributed by atoms with Crippen molar-refractivity contribution in [3.05, 3.63) is 47.0 Å². The molecule has 0 aromatic heterocycles. The SMILES string of the molecule is CCCC(CCCCCCCc1cc(O)cc(O)c1C(=O)OC(CCC)CCCCCCCc1cc(O)cc(OS(=O)(=O)O)c1)OC(C)=O. The van der Waals surface area contributed by atoms with E-state index >= 15 is 0 Å². The average Bonchev–Trinajstić information content (AvgIpc) is 2.98. The quantitative estimate of drug-likeness (QED) is 0.0442. The predicted molar refractivity (Wildman–Crippen MR) is 187 cm³/mol. The van der Waals surface area contributed by atoms with Gasteiger partial charge in [0.2, 0.25) is 0 Å². The fourth-order valence-corrected chi connectivity index (χ4v) is 6.46. The summed E-state index contributed by atoms with van der Waals surface area (Å²) in [4.78, 5) is 24.6. The van der Waals surface area contributed by atoms with Crippen molar-refractivity contribution in [1.82, 2.24) is 0 Å². The fourth-order valence-electron chi connectivity index (χ4n) is 6.12. The number of phenolic OH excluding ortho intramolecular Hbond substituents is 3. The third-order valence-corrected chi connectivity index (χ3v) is 8.74. The zero-order chi connectivity index (χ0) is 36.2. The van der Waals surface area contributed by atoms with Crippen LogP contribution in [0.3, 0.4) is 0 Å². The number of aryl methyl sites for hydroxylation is 2. The Morgan fingerprint density at radius 1 is 0.673 bits per heavy atom. The molecule has 12 heteroatoms. The Hall–Kier alpha value is -3.51. The number of rotatable bonds is 25. The Balaban J connectivity index is 1.79. The Morgan fingerprint density at radius 3 is 1.78 bits per heavy atom. The maximum Gasteiger partial charge on any atom is 0.446 e. The summed E-state index contributed by atoms with van der Waals surface area (Å²) in [5.41, 5.74) is 1.37. The van der Waals surface area contributed by atoms with E-state index in [4.69, 9.17) is 14.0 Å². The van der Waals surface area contributed by atoms with Crippen LogP contribution in [0.4, 0.5) is 0 Å². The summed E-state index contributed by atoms with van der Waals surface area (Å²) >= 11 is 0. The van der Waals surface area contributed by atoms with Crippen LogP contribution in [0, 0.1) is 0 Å². The van der Waals surface area contributed by atoms with Gasteiger partial charge >= 0.3 is 22.3 Å². The molecule has 0 aliphatic heterocycles. The average molecular weight is 709 g/mol. The first-order valence-corrected chi connectivity index (χ1v) is 19.1. The Morgan fingerprint density at radius 2 is 1.20 bits per heavy atom. The molecule has 2 unspecified atom stereocenters. The third kappa shape index (κ3) is 17.6. The minimum Gasteiger partial charge on any atom is -0.508 e. The molecule has 2 rings (SSSR count). The highest BCUT2D eigenvalue weighted by atomic mass is 32.3. The standard InChI is InChI=1S/C37H56O11S/c1-4-16-32(46-27(3)38)20-14-11-7-9-13-19-29-24-31(40)26-35(41)36(29)37(42)47-33(17-5-2)21-15-10-6-8-12-18-28-22-30(39)25-34(23-28)48-49(43,44)45/h22-26,32-33,39-41H,4-21H2,1-3H3,(H,43,44,45). The first kappa shape index (κ1) is 41.7. The van der Waals surface area contributed by atoms with Gasteiger partial charge in [0.25, 0.3) is 0 Å². The van der Waals surface area contributed by atoms with Crippen LogP contribution in [0.25, 0.3) is 0 Å². The largest absolute Gasteiger partial charge is 0.508 e. The van der Waals surface area contributed by atoms with E-state index in [1.807, 2.05) is 6.92 Å². The summed E-state index contributed by atoms with van der Waals surface area (Å²) < 4.78 is 46.5. The molecule has 11 nitrogen and oxygen atoms in total. The zero-order valence-corrected chi connectivity index (χ0v) is 30.1. The number of ether oxygens (including phenoxy) is 2. The van der Waals surface area contributed by atoms with E-state index in [9.17, 15) is 33.3 Å². The van der Waals surface area contributed by atoms with E-state index in [1.165, 1.54) is 31.2 Å². The number of aromatic hydroxyl groups is 3. The van der Waals surface area contributed by atoms with Gasteiger partial charge in [-0.15, -0.1) is 0 Å². The molecule has 49 heavy (non-hydrogen) atoms. The van der Waals surface area contributed by atoms with Gasteiger partial charge in [0.05, 0.1) is 0 Å². The van der Waals surface area contributed by atoms with E-state index < -0.39 is 16.4 Å². The molecule has 0 spiro atoms. The number of esters is 2. The van der Waals surface area contributed by atoms with Crippen molar-refractivity contribution in [2.24, 2.45) is 0 Å². The van der Waals surface area contributed by atoms with Gasteiger partial charge in [-0.1, -0.05) is 65.2 Å². The first-order chi connectivity index (χ1) is 23.3. The topological polar surface area (TPSA) is 177 Å². The normalized spacial score (nSPS) is 12.7. The van der Waals surface area contributed by atoms with E-state index in [1.54, 1.807) is 0 Å². The lowest BCUT2D eigenvalue weighted by Crippen LogP contribution is -2.19. The van der Waals surface area contributed by atoms with Crippen molar-refractivity contribution in [3.63, 3.8) is 0 Å². The number of carbonyl (C=O) groups excluding carboxylic acids is 2.